The second-order valence-electron chi connectivity index (χ2n) is 10.4. The molecule has 4 aromatic rings. The van der Waals surface area contributed by atoms with Crippen LogP contribution in [0.1, 0.15) is 23.2 Å². The Morgan fingerprint density at radius 3 is 2.32 bits per heavy atom. The molecule has 1 aliphatic heterocycles. The first-order valence-electron chi connectivity index (χ1n) is 14.6. The molecule has 2 heterocycles. The van der Waals surface area contributed by atoms with Crippen molar-refractivity contribution in [1.29, 1.82) is 0 Å². The molecule has 0 bridgehead atoms. The van der Waals surface area contributed by atoms with Crippen LogP contribution in [0.15, 0.2) is 97.2 Å². The molecule has 3 aromatic carbocycles. The zero-order chi connectivity index (χ0) is 29.0. The highest BCUT2D eigenvalue weighted by Crippen LogP contribution is 2.28. The number of aryl methyl sites for hydroxylation is 1. The molecular formula is C34H41Cl2N5O3. The minimum Gasteiger partial charge on any atom is -0.491 e. The molecule has 1 fully saturated rings. The van der Waals surface area contributed by atoms with Gasteiger partial charge in [0.05, 0.1) is 18.0 Å². The number of piperazine rings is 1. The van der Waals surface area contributed by atoms with Gasteiger partial charge in [-0.15, -0.1) is 24.8 Å². The van der Waals surface area contributed by atoms with Gasteiger partial charge in [-0.2, -0.15) is 0 Å². The third kappa shape index (κ3) is 10.3. The maximum Gasteiger partial charge on any atom is 0.319 e. The van der Waals surface area contributed by atoms with Crippen LogP contribution in [0.5, 0.6) is 11.5 Å². The van der Waals surface area contributed by atoms with E-state index < -0.39 is 0 Å². The van der Waals surface area contributed by atoms with Crippen molar-refractivity contribution in [3.8, 4) is 11.5 Å². The number of hydrogen-bond acceptors (Lipinski definition) is 6. The Kier molecular flexibility index (Phi) is 14.1. The number of urea groups is 1. The number of rotatable bonds is 12. The van der Waals surface area contributed by atoms with Gasteiger partial charge in [-0.1, -0.05) is 48.5 Å². The van der Waals surface area contributed by atoms with E-state index in [4.69, 9.17) is 9.47 Å². The number of para-hydroxylation sites is 2. The van der Waals surface area contributed by atoms with Gasteiger partial charge in [-0.25, -0.2) is 4.79 Å². The second kappa shape index (κ2) is 18.0. The summed E-state index contributed by atoms with van der Waals surface area (Å²) in [4.78, 5) is 22.0. The first kappa shape index (κ1) is 34.5. The molecule has 1 aliphatic rings. The van der Waals surface area contributed by atoms with Gasteiger partial charge in [-0.3, -0.25) is 9.88 Å². The molecule has 0 atom stereocenters. The van der Waals surface area contributed by atoms with Gasteiger partial charge in [-0.05, 0) is 66.9 Å². The molecule has 2 amide bonds. The van der Waals surface area contributed by atoms with Gasteiger partial charge in [0.2, 0.25) is 0 Å². The first-order chi connectivity index (χ1) is 20.6. The number of ether oxygens (including phenoxy) is 2. The Hall–Kier alpha value is -3.98. The van der Waals surface area contributed by atoms with Crippen molar-refractivity contribution in [1.82, 2.24) is 15.2 Å². The molecular weight excluding hydrogens is 597 g/mol. The van der Waals surface area contributed by atoms with Gasteiger partial charge >= 0.3 is 6.03 Å². The SMILES string of the molecule is Cc1cccc(OCCCN2CCN(c3ccccc3)CC2)c1NC(=O)NCc1ccc(OCc2ccccn2)cc1.Cl.Cl. The van der Waals surface area contributed by atoms with E-state index in [-0.39, 0.29) is 30.8 Å². The number of hydrogen-bond donors (Lipinski definition) is 2. The number of nitrogens with zero attached hydrogens (tertiary/aromatic N) is 3. The zero-order valence-electron chi connectivity index (χ0n) is 25.0. The van der Waals surface area contributed by atoms with Crippen LogP contribution in [0.4, 0.5) is 16.2 Å². The van der Waals surface area contributed by atoms with Crippen LogP contribution in [-0.2, 0) is 13.2 Å². The standard InChI is InChI=1S/C34H39N5O3.2ClH/c1-27-9-7-13-32(41-24-8-19-38-20-22-39(23-21-38)30-11-3-2-4-12-30)33(27)37-34(40)36-25-28-14-16-31(17-15-28)42-26-29-10-5-6-18-35-29;;/h2-7,9-18H,8,19-26H2,1H3,(H2,36,37,40);2*1H. The molecule has 0 unspecified atom stereocenters. The average molecular weight is 639 g/mol. The minimum absolute atomic E-state index is 0. The van der Waals surface area contributed by atoms with Crippen molar-refractivity contribution in [2.45, 2.75) is 26.5 Å². The van der Waals surface area contributed by atoms with Crippen LogP contribution in [0.2, 0.25) is 0 Å². The molecule has 1 aromatic heterocycles. The van der Waals surface area contributed by atoms with E-state index in [1.165, 1.54) is 5.69 Å². The number of nitrogens with one attached hydrogen (secondary N) is 2. The van der Waals surface area contributed by atoms with Gasteiger partial charge in [0.25, 0.3) is 0 Å². The molecule has 0 spiro atoms. The highest BCUT2D eigenvalue weighted by Gasteiger charge is 2.17. The molecule has 8 nitrogen and oxygen atoms in total. The summed E-state index contributed by atoms with van der Waals surface area (Å²) in [5.41, 5.74) is 4.79. The summed E-state index contributed by atoms with van der Waals surface area (Å²) < 4.78 is 11.9. The first-order valence-corrected chi connectivity index (χ1v) is 14.6. The molecule has 234 valence electrons. The lowest BCUT2D eigenvalue weighted by atomic mass is 10.2. The number of benzene rings is 3. The fraction of sp³-hybridized carbons (Fsp3) is 0.294. The van der Waals surface area contributed by atoms with Crippen LogP contribution >= 0.6 is 24.8 Å². The molecule has 0 radical (unpaired) electrons. The van der Waals surface area contributed by atoms with Crippen molar-refractivity contribution in [2.24, 2.45) is 0 Å². The van der Waals surface area contributed by atoms with Gasteiger partial charge in [0.1, 0.15) is 18.1 Å². The van der Waals surface area contributed by atoms with Crippen LogP contribution in [0.3, 0.4) is 0 Å². The summed E-state index contributed by atoms with van der Waals surface area (Å²) in [6, 6.07) is 29.6. The third-order valence-corrected chi connectivity index (χ3v) is 7.33. The lowest BCUT2D eigenvalue weighted by Crippen LogP contribution is -2.46. The summed E-state index contributed by atoms with van der Waals surface area (Å²) in [6.07, 6.45) is 2.67. The van der Waals surface area contributed by atoms with Crippen molar-refractivity contribution >= 4 is 42.2 Å². The highest BCUT2D eigenvalue weighted by molar-refractivity contribution is 5.91. The lowest BCUT2D eigenvalue weighted by Gasteiger charge is -2.36. The number of aromatic nitrogens is 1. The Morgan fingerprint density at radius 1 is 0.841 bits per heavy atom. The molecule has 0 aliphatic carbocycles. The number of carbonyl (C=O) groups excluding carboxylic acids is 1. The molecule has 1 saturated heterocycles. The van der Waals surface area contributed by atoms with Crippen LogP contribution in [-0.4, -0.2) is 55.2 Å². The number of amides is 2. The topological polar surface area (TPSA) is 79.0 Å². The van der Waals surface area contributed by atoms with Crippen molar-refractivity contribution in [3.63, 3.8) is 0 Å². The zero-order valence-corrected chi connectivity index (χ0v) is 26.6. The number of halogens is 2. The van der Waals surface area contributed by atoms with Crippen molar-refractivity contribution in [3.05, 3.63) is 114 Å². The number of carbonyl (C=O) groups is 1. The fourth-order valence-electron chi connectivity index (χ4n) is 4.94. The van der Waals surface area contributed by atoms with E-state index >= 15 is 0 Å². The molecule has 44 heavy (non-hydrogen) atoms. The summed E-state index contributed by atoms with van der Waals surface area (Å²) in [6.45, 7) is 8.53. The molecule has 0 saturated carbocycles. The average Bonchev–Trinajstić information content (AvgIpc) is 3.04. The monoisotopic (exact) mass is 637 g/mol. The lowest BCUT2D eigenvalue weighted by molar-refractivity contribution is 0.225. The van der Waals surface area contributed by atoms with Crippen LogP contribution in [0, 0.1) is 6.92 Å². The van der Waals surface area contributed by atoms with E-state index in [9.17, 15) is 4.79 Å². The quantitative estimate of drug-likeness (QED) is 0.168. The number of pyridine rings is 1. The molecule has 2 N–H and O–H groups in total. The smallest absolute Gasteiger partial charge is 0.319 e. The van der Waals surface area contributed by atoms with Gasteiger partial charge < -0.3 is 25.0 Å². The van der Waals surface area contributed by atoms with E-state index in [0.717, 1.165) is 61.7 Å². The van der Waals surface area contributed by atoms with E-state index in [2.05, 4.69) is 55.7 Å². The summed E-state index contributed by atoms with van der Waals surface area (Å²) in [5, 5.41) is 5.92. The maximum atomic E-state index is 12.8. The Morgan fingerprint density at radius 2 is 1.59 bits per heavy atom. The predicted molar refractivity (Wildman–Crippen MR) is 182 cm³/mol. The van der Waals surface area contributed by atoms with Gasteiger partial charge in [0.15, 0.2) is 0 Å². The molecule has 5 rings (SSSR count). The van der Waals surface area contributed by atoms with Crippen LogP contribution < -0.4 is 25.0 Å². The van der Waals surface area contributed by atoms with E-state index in [1.54, 1.807) is 6.20 Å². The van der Waals surface area contributed by atoms with E-state index in [1.807, 2.05) is 67.6 Å². The summed E-state index contributed by atoms with van der Waals surface area (Å²) in [7, 11) is 0. The Balaban J connectivity index is 0.00000264. The minimum atomic E-state index is -0.277. The molecule has 10 heteroatoms. The van der Waals surface area contributed by atoms with E-state index in [0.29, 0.717) is 31.2 Å². The fourth-order valence-corrected chi connectivity index (χ4v) is 4.94. The maximum absolute atomic E-state index is 12.8. The summed E-state index contributed by atoms with van der Waals surface area (Å²) >= 11 is 0. The Bertz CT molecular complexity index is 1400. The second-order valence-corrected chi connectivity index (χ2v) is 10.4. The van der Waals surface area contributed by atoms with Crippen molar-refractivity contribution in [2.75, 3.05) is 49.5 Å². The number of anilines is 2. The van der Waals surface area contributed by atoms with Gasteiger partial charge in [0, 0.05) is 51.2 Å². The third-order valence-electron chi connectivity index (χ3n) is 7.33. The Labute approximate surface area is 272 Å². The normalized spacial score (nSPS) is 12.8. The summed E-state index contributed by atoms with van der Waals surface area (Å²) in [5.74, 6) is 1.44. The van der Waals surface area contributed by atoms with Crippen LogP contribution in [0.25, 0.3) is 0 Å². The predicted octanol–water partition coefficient (Wildman–Crippen LogP) is 6.73. The largest absolute Gasteiger partial charge is 0.491 e. The van der Waals surface area contributed by atoms with Crippen molar-refractivity contribution < 1.29 is 14.3 Å². The highest BCUT2D eigenvalue weighted by atomic mass is 35.5.